The number of ether oxygens (including phenoxy) is 2. The number of amides is 1. The first-order valence-electron chi connectivity index (χ1n) is 7.13. The van der Waals surface area contributed by atoms with Crippen molar-refractivity contribution in [3.63, 3.8) is 0 Å². The first-order valence-corrected chi connectivity index (χ1v) is 7.13. The van der Waals surface area contributed by atoms with Crippen molar-refractivity contribution in [3.05, 3.63) is 0 Å². The van der Waals surface area contributed by atoms with Crippen molar-refractivity contribution < 1.29 is 14.3 Å². The molecule has 1 aliphatic heterocycles. The van der Waals surface area contributed by atoms with Gasteiger partial charge in [0.1, 0.15) is 6.10 Å². The van der Waals surface area contributed by atoms with Crippen LogP contribution >= 0.6 is 0 Å². The van der Waals surface area contributed by atoms with Crippen LogP contribution in [0.5, 0.6) is 0 Å². The fourth-order valence-corrected chi connectivity index (χ4v) is 3.08. The predicted octanol–water partition coefficient (Wildman–Crippen LogP) is 1.83. The molecule has 2 fully saturated rings. The van der Waals surface area contributed by atoms with Crippen LogP contribution in [0.15, 0.2) is 0 Å². The SMILES string of the molecule is COCCN(C(=O)[C@@H]1CCCO1)[C@@H]1CC[C@H](C)C1. The summed E-state index contributed by atoms with van der Waals surface area (Å²) in [7, 11) is 1.69. The van der Waals surface area contributed by atoms with Gasteiger partial charge < -0.3 is 14.4 Å². The first-order chi connectivity index (χ1) is 8.72. The molecule has 18 heavy (non-hydrogen) atoms. The molecule has 1 aliphatic carbocycles. The van der Waals surface area contributed by atoms with Gasteiger partial charge in [-0.25, -0.2) is 0 Å². The molecule has 1 heterocycles. The Kier molecular flexibility index (Phi) is 5.01. The van der Waals surface area contributed by atoms with Gasteiger partial charge in [-0.15, -0.1) is 0 Å². The summed E-state index contributed by atoms with van der Waals surface area (Å²) in [6.45, 7) is 4.32. The molecule has 1 saturated heterocycles. The highest BCUT2D eigenvalue weighted by atomic mass is 16.5. The third-order valence-electron chi connectivity index (χ3n) is 4.13. The predicted molar refractivity (Wildman–Crippen MR) is 69.4 cm³/mol. The molecule has 1 saturated carbocycles. The van der Waals surface area contributed by atoms with Crippen molar-refractivity contribution in [3.8, 4) is 0 Å². The highest BCUT2D eigenvalue weighted by Gasteiger charge is 2.34. The van der Waals surface area contributed by atoms with E-state index in [1.807, 2.05) is 4.90 Å². The third-order valence-corrected chi connectivity index (χ3v) is 4.13. The highest BCUT2D eigenvalue weighted by molar-refractivity contribution is 5.81. The molecule has 2 aliphatic rings. The lowest BCUT2D eigenvalue weighted by atomic mass is 10.1. The van der Waals surface area contributed by atoms with E-state index in [2.05, 4.69) is 6.92 Å². The molecule has 2 rings (SSSR count). The van der Waals surface area contributed by atoms with E-state index >= 15 is 0 Å². The average Bonchev–Trinajstić information content (AvgIpc) is 3.00. The van der Waals surface area contributed by atoms with Crippen molar-refractivity contribution in [2.24, 2.45) is 5.92 Å². The molecule has 4 nitrogen and oxygen atoms in total. The quantitative estimate of drug-likeness (QED) is 0.752. The van der Waals surface area contributed by atoms with E-state index in [1.165, 1.54) is 6.42 Å². The Labute approximate surface area is 110 Å². The van der Waals surface area contributed by atoms with Crippen LogP contribution in [0, 0.1) is 5.92 Å². The molecule has 4 heteroatoms. The summed E-state index contributed by atoms with van der Waals surface area (Å²) in [5.41, 5.74) is 0. The fraction of sp³-hybridized carbons (Fsp3) is 0.929. The van der Waals surface area contributed by atoms with Crippen LogP contribution < -0.4 is 0 Å². The zero-order chi connectivity index (χ0) is 13.0. The molecular weight excluding hydrogens is 230 g/mol. The topological polar surface area (TPSA) is 38.8 Å². The molecule has 0 aromatic carbocycles. The summed E-state index contributed by atoms with van der Waals surface area (Å²) in [4.78, 5) is 14.5. The van der Waals surface area contributed by atoms with Crippen molar-refractivity contribution in [2.45, 2.75) is 51.2 Å². The molecule has 0 N–H and O–H groups in total. The Morgan fingerprint density at radius 2 is 2.22 bits per heavy atom. The number of rotatable bonds is 5. The molecule has 0 bridgehead atoms. The van der Waals surface area contributed by atoms with Crippen LogP contribution in [0.1, 0.15) is 39.0 Å². The van der Waals surface area contributed by atoms with Gasteiger partial charge in [-0.05, 0) is 38.0 Å². The van der Waals surface area contributed by atoms with Crippen molar-refractivity contribution in [1.29, 1.82) is 0 Å². The second kappa shape index (κ2) is 6.53. The number of carbonyl (C=O) groups excluding carboxylic acids is 1. The van der Waals surface area contributed by atoms with E-state index in [1.54, 1.807) is 7.11 Å². The third kappa shape index (κ3) is 3.23. The van der Waals surface area contributed by atoms with Crippen molar-refractivity contribution in [2.75, 3.05) is 26.9 Å². The minimum atomic E-state index is -0.197. The molecule has 0 spiro atoms. The summed E-state index contributed by atoms with van der Waals surface area (Å²) in [5.74, 6) is 0.918. The van der Waals surface area contributed by atoms with Crippen LogP contribution in [0.2, 0.25) is 0 Å². The Hall–Kier alpha value is -0.610. The Morgan fingerprint density at radius 1 is 1.39 bits per heavy atom. The largest absolute Gasteiger partial charge is 0.383 e. The minimum absolute atomic E-state index is 0.184. The normalized spacial score (nSPS) is 31.8. The molecule has 0 radical (unpaired) electrons. The van der Waals surface area contributed by atoms with E-state index in [0.29, 0.717) is 19.2 Å². The number of hydrogen-bond acceptors (Lipinski definition) is 3. The Morgan fingerprint density at radius 3 is 2.78 bits per heavy atom. The maximum absolute atomic E-state index is 12.5. The number of hydrogen-bond donors (Lipinski definition) is 0. The number of carbonyl (C=O) groups is 1. The van der Waals surface area contributed by atoms with Crippen LogP contribution in [0.4, 0.5) is 0 Å². The fourth-order valence-electron chi connectivity index (χ4n) is 3.08. The second-order valence-corrected chi connectivity index (χ2v) is 5.60. The van der Waals surface area contributed by atoms with Crippen molar-refractivity contribution >= 4 is 5.91 Å². The van der Waals surface area contributed by atoms with E-state index in [0.717, 1.165) is 38.2 Å². The smallest absolute Gasteiger partial charge is 0.252 e. The minimum Gasteiger partial charge on any atom is -0.383 e. The Balaban J connectivity index is 1.96. The molecule has 3 atom stereocenters. The van der Waals surface area contributed by atoms with Gasteiger partial charge in [0.15, 0.2) is 0 Å². The van der Waals surface area contributed by atoms with Crippen LogP contribution in [-0.2, 0) is 14.3 Å². The van der Waals surface area contributed by atoms with Gasteiger partial charge in [0.25, 0.3) is 5.91 Å². The lowest BCUT2D eigenvalue weighted by Gasteiger charge is -2.31. The maximum atomic E-state index is 12.5. The summed E-state index contributed by atoms with van der Waals surface area (Å²) in [6, 6.07) is 0.395. The highest BCUT2D eigenvalue weighted by Crippen LogP contribution is 2.30. The summed E-state index contributed by atoms with van der Waals surface area (Å²) in [5, 5.41) is 0. The second-order valence-electron chi connectivity index (χ2n) is 5.60. The van der Waals surface area contributed by atoms with Gasteiger partial charge in [0.2, 0.25) is 0 Å². The van der Waals surface area contributed by atoms with Crippen LogP contribution in [0.3, 0.4) is 0 Å². The van der Waals surface area contributed by atoms with Crippen LogP contribution in [0.25, 0.3) is 0 Å². The van der Waals surface area contributed by atoms with Gasteiger partial charge in [-0.3, -0.25) is 4.79 Å². The summed E-state index contributed by atoms with van der Waals surface area (Å²) < 4.78 is 10.7. The molecule has 0 aromatic heterocycles. The summed E-state index contributed by atoms with van der Waals surface area (Å²) in [6.07, 6.45) is 5.18. The number of methoxy groups -OCH3 is 1. The molecular formula is C14H25NO3. The first kappa shape index (κ1) is 13.8. The molecule has 0 aromatic rings. The van der Waals surface area contributed by atoms with Crippen molar-refractivity contribution in [1.82, 2.24) is 4.90 Å². The maximum Gasteiger partial charge on any atom is 0.252 e. The lowest BCUT2D eigenvalue weighted by Crippen LogP contribution is -2.46. The zero-order valence-corrected chi connectivity index (χ0v) is 11.6. The molecule has 1 amide bonds. The molecule has 104 valence electrons. The number of nitrogens with zero attached hydrogens (tertiary/aromatic N) is 1. The monoisotopic (exact) mass is 255 g/mol. The van der Waals surface area contributed by atoms with E-state index in [9.17, 15) is 4.79 Å². The summed E-state index contributed by atoms with van der Waals surface area (Å²) >= 11 is 0. The Bertz CT molecular complexity index is 276. The van der Waals surface area contributed by atoms with Gasteiger partial charge in [-0.1, -0.05) is 6.92 Å². The van der Waals surface area contributed by atoms with Gasteiger partial charge in [0, 0.05) is 26.3 Å². The van der Waals surface area contributed by atoms with Crippen LogP contribution in [-0.4, -0.2) is 49.8 Å². The van der Waals surface area contributed by atoms with Gasteiger partial charge in [0.05, 0.1) is 6.61 Å². The zero-order valence-electron chi connectivity index (χ0n) is 11.6. The van der Waals surface area contributed by atoms with E-state index < -0.39 is 0 Å². The van der Waals surface area contributed by atoms with E-state index in [-0.39, 0.29) is 12.0 Å². The van der Waals surface area contributed by atoms with Gasteiger partial charge >= 0.3 is 0 Å². The standard InChI is InChI=1S/C14H25NO3/c1-11-5-6-12(10-11)15(7-9-17-2)14(16)13-4-3-8-18-13/h11-13H,3-10H2,1-2H3/t11-,12+,13-/m0/s1. The van der Waals surface area contributed by atoms with E-state index in [4.69, 9.17) is 9.47 Å². The lowest BCUT2D eigenvalue weighted by molar-refractivity contribution is -0.144. The van der Waals surface area contributed by atoms with Gasteiger partial charge in [-0.2, -0.15) is 0 Å². The average molecular weight is 255 g/mol. The molecule has 0 unspecified atom stereocenters.